The van der Waals surface area contributed by atoms with Crippen molar-refractivity contribution in [2.24, 2.45) is 5.16 Å². The molecule has 0 aliphatic rings. The van der Waals surface area contributed by atoms with Crippen LogP contribution in [0.4, 0.5) is 5.13 Å². The summed E-state index contributed by atoms with van der Waals surface area (Å²) in [4.78, 5) is 31.2. The molecule has 0 fully saturated rings. The van der Waals surface area contributed by atoms with Gasteiger partial charge in [0.1, 0.15) is 5.69 Å². The highest BCUT2D eigenvalue weighted by Gasteiger charge is 2.19. The Kier molecular flexibility index (Phi) is 5.73. The van der Waals surface area contributed by atoms with Crippen molar-refractivity contribution in [2.75, 3.05) is 26.1 Å². The zero-order valence-corrected chi connectivity index (χ0v) is 11.2. The minimum Gasteiger partial charge on any atom is -0.466 e. The number of hydrogen-bond donors (Lipinski definition) is 1. The minimum absolute atomic E-state index is 0.154. The van der Waals surface area contributed by atoms with Gasteiger partial charge >= 0.3 is 11.9 Å². The van der Waals surface area contributed by atoms with E-state index in [9.17, 15) is 9.59 Å². The number of ether oxygens (including phenoxy) is 2. The quantitative estimate of drug-likeness (QED) is 0.451. The normalized spacial score (nSPS) is 10.9. The molecule has 0 saturated carbocycles. The molecule has 19 heavy (non-hydrogen) atoms. The number of thiazole rings is 1. The first-order chi connectivity index (χ1) is 9.08. The third kappa shape index (κ3) is 4.54. The molecule has 0 aliphatic heterocycles. The molecule has 0 atom stereocenters. The van der Waals surface area contributed by atoms with E-state index in [0.29, 0.717) is 0 Å². The van der Waals surface area contributed by atoms with Crippen molar-refractivity contribution < 1.29 is 23.9 Å². The summed E-state index contributed by atoms with van der Waals surface area (Å²) in [7, 11) is 1.21. The lowest BCUT2D eigenvalue weighted by molar-refractivity contribution is -0.146. The Morgan fingerprint density at radius 1 is 1.53 bits per heavy atom. The molecule has 1 heterocycles. The minimum atomic E-state index is -0.710. The average Bonchev–Trinajstić information content (AvgIpc) is 2.80. The fraction of sp³-hybridized carbons (Fsp3) is 0.400. The molecule has 1 rings (SSSR count). The highest BCUT2D eigenvalue weighted by Crippen LogP contribution is 2.13. The molecule has 9 heteroatoms. The van der Waals surface area contributed by atoms with Gasteiger partial charge in [-0.1, -0.05) is 5.16 Å². The van der Waals surface area contributed by atoms with Gasteiger partial charge in [-0.05, 0) is 6.92 Å². The van der Waals surface area contributed by atoms with Crippen molar-refractivity contribution in [3.63, 3.8) is 0 Å². The molecular formula is C10H13N3O5S. The number of nitrogens with zero attached hydrogens (tertiary/aromatic N) is 2. The summed E-state index contributed by atoms with van der Waals surface area (Å²) in [6.45, 7) is 1.41. The molecular weight excluding hydrogens is 274 g/mol. The molecule has 0 radical (unpaired) electrons. The molecule has 8 nitrogen and oxygen atoms in total. The average molecular weight is 287 g/mol. The number of anilines is 1. The molecule has 104 valence electrons. The van der Waals surface area contributed by atoms with Gasteiger partial charge in [0.25, 0.3) is 0 Å². The van der Waals surface area contributed by atoms with Crippen molar-refractivity contribution in [1.29, 1.82) is 0 Å². The number of aromatic nitrogens is 1. The van der Waals surface area contributed by atoms with E-state index in [0.717, 1.165) is 11.3 Å². The van der Waals surface area contributed by atoms with E-state index in [4.69, 9.17) is 15.3 Å². The fourth-order valence-electron chi connectivity index (χ4n) is 0.993. The topological polar surface area (TPSA) is 113 Å². The Bertz CT molecular complexity index is 485. The standard InChI is InChI=1S/C10H13N3O5S/c1-3-17-9(15)8(6-5-19-10(11)12-6)13-18-4-7(14)16-2/h5H,3-4H2,1-2H3,(H2,11,12). The van der Waals surface area contributed by atoms with Gasteiger partial charge in [-0.15, -0.1) is 11.3 Å². The van der Waals surface area contributed by atoms with Crippen LogP contribution in [-0.4, -0.2) is 43.0 Å². The van der Waals surface area contributed by atoms with Crippen LogP contribution in [0.5, 0.6) is 0 Å². The van der Waals surface area contributed by atoms with Crippen LogP contribution in [0.3, 0.4) is 0 Å². The number of oxime groups is 1. The maximum Gasteiger partial charge on any atom is 0.362 e. The number of nitrogens with two attached hydrogens (primary N) is 1. The van der Waals surface area contributed by atoms with Crippen LogP contribution in [0.15, 0.2) is 10.5 Å². The first kappa shape index (κ1) is 14.9. The summed E-state index contributed by atoms with van der Waals surface area (Å²) in [5.41, 5.74) is 5.55. The summed E-state index contributed by atoms with van der Waals surface area (Å²) >= 11 is 1.14. The van der Waals surface area contributed by atoms with Crippen molar-refractivity contribution >= 4 is 34.1 Å². The Morgan fingerprint density at radius 3 is 2.79 bits per heavy atom. The van der Waals surface area contributed by atoms with Crippen LogP contribution < -0.4 is 5.73 Å². The van der Waals surface area contributed by atoms with Crippen molar-refractivity contribution in [1.82, 2.24) is 4.98 Å². The van der Waals surface area contributed by atoms with Crippen LogP contribution in [0.1, 0.15) is 12.6 Å². The molecule has 0 unspecified atom stereocenters. The highest BCUT2D eigenvalue weighted by atomic mass is 32.1. The van der Waals surface area contributed by atoms with Gasteiger partial charge in [0.05, 0.1) is 13.7 Å². The summed E-state index contributed by atoms with van der Waals surface area (Å²) in [5, 5.41) is 5.36. The molecule has 1 aromatic rings. The monoisotopic (exact) mass is 287 g/mol. The zero-order valence-electron chi connectivity index (χ0n) is 10.4. The van der Waals surface area contributed by atoms with Crippen molar-refractivity contribution in [3.8, 4) is 0 Å². The maximum absolute atomic E-state index is 11.7. The number of carbonyl (C=O) groups is 2. The summed E-state index contributed by atoms with van der Waals surface area (Å²) in [5.74, 6) is -1.33. The number of esters is 2. The predicted molar refractivity (Wildman–Crippen MR) is 67.7 cm³/mol. The lowest BCUT2D eigenvalue weighted by Crippen LogP contribution is -2.20. The second-order valence-electron chi connectivity index (χ2n) is 3.08. The molecule has 0 saturated heterocycles. The second kappa shape index (κ2) is 7.31. The number of nitrogen functional groups attached to an aromatic ring is 1. The van der Waals surface area contributed by atoms with Gasteiger partial charge in [-0.3, -0.25) is 0 Å². The Morgan fingerprint density at radius 2 is 2.26 bits per heavy atom. The zero-order chi connectivity index (χ0) is 14.3. The highest BCUT2D eigenvalue weighted by molar-refractivity contribution is 7.13. The first-order valence-electron chi connectivity index (χ1n) is 5.23. The molecule has 0 aromatic carbocycles. The van der Waals surface area contributed by atoms with E-state index in [-0.39, 0.29) is 23.1 Å². The number of hydrogen-bond acceptors (Lipinski definition) is 9. The van der Waals surface area contributed by atoms with Crippen LogP contribution in [-0.2, 0) is 23.9 Å². The van der Waals surface area contributed by atoms with E-state index >= 15 is 0 Å². The van der Waals surface area contributed by atoms with E-state index in [1.54, 1.807) is 6.92 Å². The molecule has 0 aliphatic carbocycles. The predicted octanol–water partition coefficient (Wildman–Crippen LogP) is 0.182. The summed E-state index contributed by atoms with van der Waals surface area (Å²) < 4.78 is 9.18. The molecule has 0 amide bonds. The van der Waals surface area contributed by atoms with E-state index in [1.807, 2.05) is 0 Å². The van der Waals surface area contributed by atoms with E-state index in [2.05, 4.69) is 14.9 Å². The lowest BCUT2D eigenvalue weighted by atomic mass is 10.3. The summed E-state index contributed by atoms with van der Waals surface area (Å²) in [6.07, 6.45) is 0. The third-order valence-electron chi connectivity index (χ3n) is 1.80. The van der Waals surface area contributed by atoms with Crippen LogP contribution in [0.25, 0.3) is 0 Å². The number of carbonyl (C=O) groups excluding carboxylic acids is 2. The van der Waals surface area contributed by atoms with Gasteiger partial charge < -0.3 is 20.0 Å². The van der Waals surface area contributed by atoms with Gasteiger partial charge in [-0.25, -0.2) is 14.6 Å². The van der Waals surface area contributed by atoms with Crippen molar-refractivity contribution in [2.45, 2.75) is 6.92 Å². The van der Waals surface area contributed by atoms with Gasteiger partial charge in [0.15, 0.2) is 5.13 Å². The third-order valence-corrected chi connectivity index (χ3v) is 2.47. The van der Waals surface area contributed by atoms with Gasteiger partial charge in [0.2, 0.25) is 12.3 Å². The largest absolute Gasteiger partial charge is 0.466 e. The molecule has 0 spiro atoms. The van der Waals surface area contributed by atoms with E-state index in [1.165, 1.54) is 12.5 Å². The SMILES string of the molecule is CCOC(=O)C(=NOCC(=O)OC)c1csc(N)n1. The first-order valence-corrected chi connectivity index (χ1v) is 6.11. The van der Waals surface area contributed by atoms with Gasteiger partial charge in [-0.2, -0.15) is 0 Å². The molecule has 0 bridgehead atoms. The van der Waals surface area contributed by atoms with Gasteiger partial charge in [0, 0.05) is 5.38 Å². The fourth-order valence-corrected chi connectivity index (χ4v) is 1.54. The van der Waals surface area contributed by atoms with Crippen LogP contribution >= 0.6 is 11.3 Å². The number of methoxy groups -OCH3 is 1. The van der Waals surface area contributed by atoms with Crippen LogP contribution in [0.2, 0.25) is 0 Å². The number of rotatable bonds is 6. The van der Waals surface area contributed by atoms with Crippen LogP contribution in [0, 0.1) is 0 Å². The Labute approximate surface area is 113 Å². The molecule has 1 aromatic heterocycles. The Balaban J connectivity index is 2.83. The molecule has 2 N–H and O–H groups in total. The maximum atomic E-state index is 11.7. The van der Waals surface area contributed by atoms with Crippen molar-refractivity contribution in [3.05, 3.63) is 11.1 Å². The summed E-state index contributed by atoms with van der Waals surface area (Å²) in [6, 6.07) is 0. The second-order valence-corrected chi connectivity index (χ2v) is 3.97. The Hall–Kier alpha value is -2.16. The smallest absolute Gasteiger partial charge is 0.362 e. The van der Waals surface area contributed by atoms with E-state index < -0.39 is 18.5 Å². The lowest BCUT2D eigenvalue weighted by Gasteiger charge is -2.03.